The Morgan fingerprint density at radius 2 is 1.77 bits per heavy atom. The first-order valence-electron chi connectivity index (χ1n) is 4.07. The number of methoxy groups -OCH3 is 1. The van der Waals surface area contributed by atoms with Crippen molar-refractivity contribution in [3.05, 3.63) is 23.3 Å². The number of ether oxygens (including phenoxy) is 1. The molecule has 4 heteroatoms. The first-order valence-corrected chi connectivity index (χ1v) is 4.07. The summed E-state index contributed by atoms with van der Waals surface area (Å²) in [6.07, 6.45) is 0. The Bertz CT molecular complexity index is 310. The summed E-state index contributed by atoms with van der Waals surface area (Å²) in [5.41, 5.74) is 2.33. The lowest BCUT2D eigenvalue weighted by Gasteiger charge is -2.10. The maximum atomic E-state index is 9.02. The SMILES string of the molecule is COc1cc(B(O)O)c(C)cc1C. The van der Waals surface area contributed by atoms with Crippen LogP contribution < -0.4 is 10.2 Å². The third-order valence-electron chi connectivity index (χ3n) is 2.06. The molecule has 0 unspecified atom stereocenters. The molecule has 2 N–H and O–H groups in total. The summed E-state index contributed by atoms with van der Waals surface area (Å²) in [6, 6.07) is 3.52. The largest absolute Gasteiger partial charge is 0.497 e. The Morgan fingerprint density at radius 1 is 1.15 bits per heavy atom. The average molecular weight is 180 g/mol. The van der Waals surface area contributed by atoms with Gasteiger partial charge in [-0.3, -0.25) is 0 Å². The molecular formula is C9H13BO3. The Morgan fingerprint density at radius 3 is 2.23 bits per heavy atom. The fraction of sp³-hybridized carbons (Fsp3) is 0.333. The summed E-state index contributed by atoms with van der Waals surface area (Å²) < 4.78 is 5.07. The molecule has 0 aliphatic heterocycles. The van der Waals surface area contributed by atoms with Crippen molar-refractivity contribution in [2.75, 3.05) is 7.11 Å². The summed E-state index contributed by atoms with van der Waals surface area (Å²) in [5, 5.41) is 18.0. The van der Waals surface area contributed by atoms with E-state index in [0.29, 0.717) is 11.2 Å². The van der Waals surface area contributed by atoms with Crippen LogP contribution in [-0.2, 0) is 0 Å². The van der Waals surface area contributed by atoms with Crippen molar-refractivity contribution in [2.24, 2.45) is 0 Å². The van der Waals surface area contributed by atoms with Gasteiger partial charge in [0, 0.05) is 0 Å². The Hall–Kier alpha value is -0.995. The van der Waals surface area contributed by atoms with Crippen LogP contribution >= 0.6 is 0 Å². The molecule has 1 aromatic rings. The number of aryl methyl sites for hydroxylation is 2. The van der Waals surface area contributed by atoms with E-state index >= 15 is 0 Å². The molecule has 1 aromatic carbocycles. The second kappa shape index (κ2) is 3.81. The molecule has 0 atom stereocenters. The minimum absolute atomic E-state index is 0.488. The van der Waals surface area contributed by atoms with Gasteiger partial charge in [0.05, 0.1) is 7.11 Å². The third-order valence-corrected chi connectivity index (χ3v) is 2.06. The lowest BCUT2D eigenvalue weighted by atomic mass is 9.77. The van der Waals surface area contributed by atoms with Crippen molar-refractivity contribution in [3.63, 3.8) is 0 Å². The van der Waals surface area contributed by atoms with Crippen LogP contribution in [-0.4, -0.2) is 24.3 Å². The smallest absolute Gasteiger partial charge is 0.488 e. The van der Waals surface area contributed by atoms with E-state index in [1.54, 1.807) is 13.2 Å². The van der Waals surface area contributed by atoms with Crippen LogP contribution in [0.4, 0.5) is 0 Å². The number of hydrogen-bond donors (Lipinski definition) is 2. The van der Waals surface area contributed by atoms with E-state index in [-0.39, 0.29) is 0 Å². The second-order valence-electron chi connectivity index (χ2n) is 3.05. The van der Waals surface area contributed by atoms with Gasteiger partial charge >= 0.3 is 7.12 Å². The van der Waals surface area contributed by atoms with Gasteiger partial charge in [-0.15, -0.1) is 0 Å². The van der Waals surface area contributed by atoms with Gasteiger partial charge in [-0.25, -0.2) is 0 Å². The summed E-state index contributed by atoms with van der Waals surface area (Å²) in [7, 11) is 0.125. The van der Waals surface area contributed by atoms with Gasteiger partial charge in [0.25, 0.3) is 0 Å². The highest BCUT2D eigenvalue weighted by atomic mass is 16.5. The topological polar surface area (TPSA) is 49.7 Å². The molecule has 0 aliphatic rings. The molecule has 0 fully saturated rings. The molecule has 3 nitrogen and oxygen atoms in total. The van der Waals surface area contributed by atoms with Crippen LogP contribution in [0.1, 0.15) is 11.1 Å². The van der Waals surface area contributed by atoms with Crippen molar-refractivity contribution in [2.45, 2.75) is 13.8 Å². The molecule has 0 saturated carbocycles. The van der Waals surface area contributed by atoms with Crippen molar-refractivity contribution in [3.8, 4) is 5.75 Å². The first kappa shape index (κ1) is 10.1. The molecule has 0 aliphatic carbocycles. The van der Waals surface area contributed by atoms with E-state index in [4.69, 9.17) is 14.8 Å². The highest BCUT2D eigenvalue weighted by Gasteiger charge is 2.15. The van der Waals surface area contributed by atoms with Crippen molar-refractivity contribution < 1.29 is 14.8 Å². The van der Waals surface area contributed by atoms with Gasteiger partial charge in [-0.05, 0) is 30.9 Å². The quantitative estimate of drug-likeness (QED) is 0.629. The molecular weight excluding hydrogens is 167 g/mol. The highest BCUT2D eigenvalue weighted by Crippen LogP contribution is 2.16. The minimum atomic E-state index is -1.44. The maximum Gasteiger partial charge on any atom is 0.488 e. The zero-order valence-electron chi connectivity index (χ0n) is 8.03. The van der Waals surface area contributed by atoms with Crippen LogP contribution in [0.25, 0.3) is 0 Å². The lowest BCUT2D eigenvalue weighted by Crippen LogP contribution is -2.32. The van der Waals surface area contributed by atoms with Gasteiger partial charge in [0.15, 0.2) is 0 Å². The van der Waals surface area contributed by atoms with E-state index in [9.17, 15) is 0 Å². The normalized spacial score (nSPS) is 9.92. The van der Waals surface area contributed by atoms with E-state index in [2.05, 4.69) is 0 Å². The van der Waals surface area contributed by atoms with Gasteiger partial charge in [0.1, 0.15) is 5.75 Å². The average Bonchev–Trinajstić information content (AvgIpc) is 2.03. The maximum absolute atomic E-state index is 9.02. The van der Waals surface area contributed by atoms with E-state index < -0.39 is 7.12 Å². The minimum Gasteiger partial charge on any atom is -0.497 e. The van der Waals surface area contributed by atoms with Crippen molar-refractivity contribution >= 4 is 12.6 Å². The lowest BCUT2D eigenvalue weighted by molar-refractivity contribution is 0.409. The molecule has 0 aromatic heterocycles. The molecule has 13 heavy (non-hydrogen) atoms. The number of rotatable bonds is 2. The zero-order valence-corrected chi connectivity index (χ0v) is 8.03. The van der Waals surface area contributed by atoms with Crippen LogP contribution in [0.3, 0.4) is 0 Å². The van der Waals surface area contributed by atoms with E-state index in [1.165, 1.54) is 0 Å². The monoisotopic (exact) mass is 180 g/mol. The molecule has 1 rings (SSSR count). The fourth-order valence-electron chi connectivity index (χ4n) is 1.35. The summed E-state index contributed by atoms with van der Waals surface area (Å²) in [6.45, 7) is 3.75. The zero-order chi connectivity index (χ0) is 10.0. The van der Waals surface area contributed by atoms with E-state index in [0.717, 1.165) is 11.1 Å². The van der Waals surface area contributed by atoms with Crippen LogP contribution in [0.2, 0.25) is 0 Å². The van der Waals surface area contributed by atoms with Crippen LogP contribution in [0, 0.1) is 13.8 Å². The number of hydrogen-bond acceptors (Lipinski definition) is 3. The molecule has 0 saturated heterocycles. The Labute approximate surface area is 78.1 Å². The van der Waals surface area contributed by atoms with Gasteiger partial charge < -0.3 is 14.8 Å². The second-order valence-corrected chi connectivity index (χ2v) is 3.05. The first-order chi connectivity index (χ1) is 6.06. The summed E-state index contributed by atoms with van der Waals surface area (Å²) in [4.78, 5) is 0. The molecule has 0 spiro atoms. The fourth-order valence-corrected chi connectivity index (χ4v) is 1.35. The third kappa shape index (κ3) is 2.02. The summed E-state index contributed by atoms with van der Waals surface area (Å²) >= 11 is 0. The molecule has 0 heterocycles. The van der Waals surface area contributed by atoms with Crippen molar-refractivity contribution in [1.29, 1.82) is 0 Å². The van der Waals surface area contributed by atoms with Crippen LogP contribution in [0.5, 0.6) is 5.75 Å². The Kier molecular flexibility index (Phi) is 2.96. The molecule has 70 valence electrons. The highest BCUT2D eigenvalue weighted by molar-refractivity contribution is 6.59. The predicted octanol–water partition coefficient (Wildman–Crippen LogP) is -0.00816. The molecule has 0 amide bonds. The van der Waals surface area contributed by atoms with E-state index in [1.807, 2.05) is 19.9 Å². The standard InChI is InChI=1S/C9H13BO3/c1-6-4-7(2)9(13-3)5-8(6)10(11)12/h4-5,11-12H,1-3H3. The summed E-state index contributed by atoms with van der Waals surface area (Å²) in [5.74, 6) is 0.675. The van der Waals surface area contributed by atoms with Crippen LogP contribution in [0.15, 0.2) is 12.1 Å². The van der Waals surface area contributed by atoms with Gasteiger partial charge in [0.2, 0.25) is 0 Å². The predicted molar refractivity (Wildman–Crippen MR) is 52.3 cm³/mol. The molecule has 0 bridgehead atoms. The Balaban J connectivity index is 3.22. The van der Waals surface area contributed by atoms with Gasteiger partial charge in [-0.2, -0.15) is 0 Å². The van der Waals surface area contributed by atoms with Crippen molar-refractivity contribution in [1.82, 2.24) is 0 Å². The van der Waals surface area contributed by atoms with Gasteiger partial charge in [-0.1, -0.05) is 11.6 Å². The number of benzene rings is 1. The molecule has 0 radical (unpaired) electrons.